The van der Waals surface area contributed by atoms with Gasteiger partial charge >= 0.3 is 51.4 Å². The molecular weight excluding hydrogens is 147 g/mol. The molecule has 0 aliphatic rings. The summed E-state index contributed by atoms with van der Waals surface area (Å²) < 4.78 is 3.56. The molecule has 0 N–H and O–H groups in total. The number of carboxylic acid groups (broad SMARTS) is 1. The fourth-order valence-corrected chi connectivity index (χ4v) is 0. The largest absolute Gasteiger partial charge is 1.00 e. The molecule has 0 bridgehead atoms. The number of hydrogen-bond acceptors (Lipinski definition) is 3. The van der Waals surface area contributed by atoms with Gasteiger partial charge in [0.2, 0.25) is 0 Å². The van der Waals surface area contributed by atoms with E-state index in [0.717, 1.165) is 7.11 Å². The van der Waals surface area contributed by atoms with Crippen LogP contribution in [0.1, 0.15) is 0 Å². The molecule has 0 aliphatic carbocycles. The molecular formula is C2H4ClKO3. The first-order valence-corrected chi connectivity index (χ1v) is 1.02. The Morgan fingerprint density at radius 2 is 1.86 bits per heavy atom. The molecule has 0 fully saturated rings. The maximum atomic E-state index is 9.03. The second-order valence-corrected chi connectivity index (χ2v) is 0.454. The van der Waals surface area contributed by atoms with Gasteiger partial charge in [0.25, 0.3) is 6.16 Å². The summed E-state index contributed by atoms with van der Waals surface area (Å²) in [5.41, 5.74) is 0. The Bertz CT molecular complexity index is 48.2. The molecule has 0 spiro atoms. The Morgan fingerprint density at radius 3 is 1.86 bits per heavy atom. The second kappa shape index (κ2) is 10.2. The van der Waals surface area contributed by atoms with Crippen LogP contribution in [0.2, 0.25) is 0 Å². The van der Waals surface area contributed by atoms with Gasteiger partial charge in [-0.1, -0.05) is 0 Å². The molecule has 0 aromatic carbocycles. The summed E-state index contributed by atoms with van der Waals surface area (Å²) in [6.07, 6.45) is -1.50. The molecule has 0 heterocycles. The molecule has 0 saturated carbocycles. The van der Waals surface area contributed by atoms with Gasteiger partial charge in [0.1, 0.15) is 0 Å². The van der Waals surface area contributed by atoms with Crippen LogP contribution >= 0.6 is 12.4 Å². The molecule has 0 amide bonds. The monoisotopic (exact) mass is 150 g/mol. The van der Waals surface area contributed by atoms with Crippen LogP contribution in [-0.2, 0) is 4.74 Å². The van der Waals surface area contributed by atoms with Crippen LogP contribution in [-0.4, -0.2) is 13.3 Å². The van der Waals surface area contributed by atoms with Gasteiger partial charge in [0.15, 0.2) is 0 Å². The van der Waals surface area contributed by atoms with Gasteiger partial charge in [0.05, 0.1) is 0 Å². The van der Waals surface area contributed by atoms with E-state index in [-0.39, 0.29) is 63.8 Å². The summed E-state index contributed by atoms with van der Waals surface area (Å²) in [5.74, 6) is 0. The van der Waals surface area contributed by atoms with Crippen LogP contribution in [0.15, 0.2) is 0 Å². The van der Waals surface area contributed by atoms with Gasteiger partial charge in [0, 0.05) is 7.11 Å². The quantitative estimate of drug-likeness (QED) is 0.265. The zero-order chi connectivity index (χ0) is 4.28. The molecule has 0 unspecified atom stereocenters. The molecule has 38 valence electrons. The van der Waals surface area contributed by atoms with Crippen LogP contribution in [0, 0.1) is 0 Å². The topological polar surface area (TPSA) is 49.4 Å². The Morgan fingerprint density at radius 1 is 1.71 bits per heavy atom. The Kier molecular flexibility index (Phi) is 23.0. The number of carbonyl (C=O) groups excluding carboxylic acids is 1. The first kappa shape index (κ1) is 15.7. The van der Waals surface area contributed by atoms with E-state index >= 15 is 0 Å². The zero-order valence-electron chi connectivity index (χ0n) is 4.13. The zero-order valence-corrected chi connectivity index (χ0v) is 8.07. The predicted octanol–water partition coefficient (Wildman–Crippen LogP) is -3.60. The number of rotatable bonds is 0. The Hall–Kier alpha value is 1.20. The maximum absolute atomic E-state index is 9.03. The number of halogens is 1. The Labute approximate surface area is 90.2 Å². The van der Waals surface area contributed by atoms with Crippen molar-refractivity contribution in [3.05, 3.63) is 0 Å². The summed E-state index contributed by atoms with van der Waals surface area (Å²) in [6.45, 7) is 0. The van der Waals surface area contributed by atoms with E-state index in [1.165, 1.54) is 0 Å². The smallest absolute Gasteiger partial charge is 0.553 e. The van der Waals surface area contributed by atoms with Crippen molar-refractivity contribution in [2.24, 2.45) is 0 Å². The number of hydrogen-bond donors (Lipinski definition) is 0. The molecule has 3 nitrogen and oxygen atoms in total. The average molecular weight is 151 g/mol. The van der Waals surface area contributed by atoms with Gasteiger partial charge in [-0.15, -0.1) is 12.4 Å². The molecule has 0 radical (unpaired) electrons. The normalized spacial score (nSPS) is 4.71. The van der Waals surface area contributed by atoms with Crippen LogP contribution in [0.4, 0.5) is 4.79 Å². The van der Waals surface area contributed by atoms with Gasteiger partial charge in [-0.3, -0.25) is 0 Å². The van der Waals surface area contributed by atoms with Crippen LogP contribution in [0.25, 0.3) is 0 Å². The third-order valence-corrected chi connectivity index (χ3v) is 0.167. The minimum Gasteiger partial charge on any atom is -0.553 e. The van der Waals surface area contributed by atoms with Gasteiger partial charge < -0.3 is 14.6 Å². The first-order chi connectivity index (χ1) is 2.27. The van der Waals surface area contributed by atoms with Crippen molar-refractivity contribution in [3.8, 4) is 0 Å². The van der Waals surface area contributed by atoms with Crippen molar-refractivity contribution in [2.45, 2.75) is 0 Å². The summed E-state index contributed by atoms with van der Waals surface area (Å²) in [7, 11) is 1.04. The van der Waals surface area contributed by atoms with Crippen LogP contribution in [0.3, 0.4) is 0 Å². The van der Waals surface area contributed by atoms with E-state index in [9.17, 15) is 0 Å². The van der Waals surface area contributed by atoms with Crippen molar-refractivity contribution in [1.29, 1.82) is 0 Å². The van der Waals surface area contributed by atoms with Crippen molar-refractivity contribution >= 4 is 18.6 Å². The molecule has 0 aromatic heterocycles. The summed E-state index contributed by atoms with van der Waals surface area (Å²) in [5, 5.41) is 9.03. The molecule has 0 rings (SSSR count). The molecule has 5 heteroatoms. The van der Waals surface area contributed by atoms with E-state index in [1.54, 1.807) is 0 Å². The van der Waals surface area contributed by atoms with Crippen molar-refractivity contribution < 1.29 is 66.0 Å². The van der Waals surface area contributed by atoms with Crippen LogP contribution < -0.4 is 56.5 Å². The average Bonchev–Trinajstić information content (AvgIpc) is 1.38. The van der Waals surface area contributed by atoms with E-state index in [0.29, 0.717) is 0 Å². The Balaban J connectivity index is -0.0000000800. The van der Waals surface area contributed by atoms with Crippen molar-refractivity contribution in [3.63, 3.8) is 0 Å². The predicted molar refractivity (Wildman–Crippen MR) is 19.7 cm³/mol. The number of methoxy groups -OCH3 is 1. The van der Waals surface area contributed by atoms with E-state index in [4.69, 9.17) is 9.90 Å². The van der Waals surface area contributed by atoms with Gasteiger partial charge in [-0.2, -0.15) is 0 Å². The third kappa shape index (κ3) is 19.0. The summed E-state index contributed by atoms with van der Waals surface area (Å²) in [6, 6.07) is 0. The van der Waals surface area contributed by atoms with E-state index < -0.39 is 6.16 Å². The second-order valence-electron chi connectivity index (χ2n) is 0.454. The van der Waals surface area contributed by atoms with Crippen LogP contribution in [0.5, 0.6) is 0 Å². The van der Waals surface area contributed by atoms with Gasteiger partial charge in [-0.25, -0.2) is 0 Å². The summed E-state index contributed by atoms with van der Waals surface area (Å²) in [4.78, 5) is 9.03. The molecule has 0 aliphatic heterocycles. The minimum absolute atomic E-state index is 0. The van der Waals surface area contributed by atoms with E-state index in [2.05, 4.69) is 4.74 Å². The fourth-order valence-electron chi connectivity index (χ4n) is 0. The fraction of sp³-hybridized carbons (Fsp3) is 0.500. The molecule has 0 atom stereocenters. The van der Waals surface area contributed by atoms with E-state index in [1.807, 2.05) is 0 Å². The minimum atomic E-state index is -1.50. The van der Waals surface area contributed by atoms with Crippen molar-refractivity contribution in [1.82, 2.24) is 0 Å². The molecule has 0 saturated heterocycles. The molecule has 0 aromatic rings. The third-order valence-electron chi connectivity index (χ3n) is 0.167. The summed E-state index contributed by atoms with van der Waals surface area (Å²) >= 11 is 0. The number of carbonyl (C=O) groups is 1. The SMILES string of the molecule is COC(=O)[O-].Cl.[K+]. The standard InChI is InChI=1S/C2H4O3.ClH.K/c1-5-2(3)4;;/h1H3,(H,3,4);1H;/q;;+1/p-1. The van der Waals surface area contributed by atoms with Gasteiger partial charge in [-0.05, 0) is 0 Å². The maximum Gasteiger partial charge on any atom is 1.00 e. The molecule has 7 heavy (non-hydrogen) atoms. The number of ether oxygens (including phenoxy) is 1. The van der Waals surface area contributed by atoms with Crippen molar-refractivity contribution in [2.75, 3.05) is 7.11 Å². The first-order valence-electron chi connectivity index (χ1n) is 1.02.